The van der Waals surface area contributed by atoms with E-state index in [9.17, 15) is 9.59 Å². The number of nitrogens with one attached hydrogen (secondary N) is 1. The van der Waals surface area contributed by atoms with Crippen molar-refractivity contribution in [3.8, 4) is 0 Å². The van der Waals surface area contributed by atoms with Crippen LogP contribution in [0.2, 0.25) is 0 Å². The van der Waals surface area contributed by atoms with Crippen LogP contribution in [0.4, 0.5) is 0 Å². The van der Waals surface area contributed by atoms with Crippen molar-refractivity contribution in [3.05, 3.63) is 30.3 Å². The zero-order valence-electron chi connectivity index (χ0n) is 11.5. The molecule has 0 radical (unpaired) electrons. The maximum Gasteiger partial charge on any atom is 0.303 e. The number of carboxylic acid groups (broad SMARTS) is 1. The summed E-state index contributed by atoms with van der Waals surface area (Å²) >= 11 is 1.75. The summed E-state index contributed by atoms with van der Waals surface area (Å²) in [5.74, 6) is 0.194. The maximum absolute atomic E-state index is 11.5. The van der Waals surface area contributed by atoms with Gasteiger partial charge in [-0.15, -0.1) is 11.8 Å². The number of hydrogen-bond acceptors (Lipinski definition) is 3. The van der Waals surface area contributed by atoms with Crippen molar-refractivity contribution in [2.24, 2.45) is 0 Å². The highest BCUT2D eigenvalue weighted by atomic mass is 32.2. The molecule has 0 fully saturated rings. The standard InChI is InChI=1S/C15H21NO3S/c17-14(16-11-5-4-10-15(18)19)9-6-12-20-13-7-2-1-3-8-13/h1-3,7-8H,4-6,9-12H2,(H,16,17)(H,18,19). The number of unbranched alkanes of at least 4 members (excludes halogenated alkanes) is 1. The summed E-state index contributed by atoms with van der Waals surface area (Å²) in [4.78, 5) is 23.0. The monoisotopic (exact) mass is 295 g/mol. The summed E-state index contributed by atoms with van der Waals surface area (Å²) in [6, 6.07) is 10.1. The lowest BCUT2D eigenvalue weighted by Crippen LogP contribution is -2.24. The molecular weight excluding hydrogens is 274 g/mol. The number of hydrogen-bond donors (Lipinski definition) is 2. The van der Waals surface area contributed by atoms with Crippen LogP contribution in [0.25, 0.3) is 0 Å². The van der Waals surface area contributed by atoms with Crippen molar-refractivity contribution >= 4 is 23.6 Å². The van der Waals surface area contributed by atoms with Crippen LogP contribution in [-0.2, 0) is 9.59 Å². The highest BCUT2D eigenvalue weighted by Crippen LogP contribution is 2.18. The van der Waals surface area contributed by atoms with Gasteiger partial charge in [0.15, 0.2) is 0 Å². The van der Waals surface area contributed by atoms with Gasteiger partial charge in [0.25, 0.3) is 0 Å². The van der Waals surface area contributed by atoms with Crippen molar-refractivity contribution in [3.63, 3.8) is 0 Å². The Bertz CT molecular complexity index is 409. The second kappa shape index (κ2) is 10.3. The van der Waals surface area contributed by atoms with Crippen LogP contribution >= 0.6 is 11.8 Å². The second-order valence-electron chi connectivity index (χ2n) is 4.47. The Kier molecular flexibility index (Phi) is 8.54. The maximum atomic E-state index is 11.5. The molecule has 110 valence electrons. The van der Waals surface area contributed by atoms with Crippen LogP contribution in [0.5, 0.6) is 0 Å². The third-order valence-electron chi connectivity index (χ3n) is 2.70. The zero-order chi connectivity index (χ0) is 14.6. The van der Waals surface area contributed by atoms with E-state index in [4.69, 9.17) is 5.11 Å². The smallest absolute Gasteiger partial charge is 0.303 e. The van der Waals surface area contributed by atoms with E-state index in [1.807, 2.05) is 18.2 Å². The molecule has 5 heteroatoms. The molecular formula is C15H21NO3S. The molecule has 0 saturated heterocycles. The zero-order valence-corrected chi connectivity index (χ0v) is 12.3. The summed E-state index contributed by atoms with van der Waals surface area (Å²) < 4.78 is 0. The fraction of sp³-hybridized carbons (Fsp3) is 0.467. The summed E-state index contributed by atoms with van der Waals surface area (Å²) in [5, 5.41) is 11.3. The van der Waals surface area contributed by atoms with Gasteiger partial charge in [0.1, 0.15) is 0 Å². The number of thioether (sulfide) groups is 1. The van der Waals surface area contributed by atoms with Gasteiger partial charge in [-0.25, -0.2) is 0 Å². The molecule has 0 aliphatic rings. The highest BCUT2D eigenvalue weighted by Gasteiger charge is 2.02. The van der Waals surface area contributed by atoms with Crippen LogP contribution in [0.1, 0.15) is 32.1 Å². The minimum Gasteiger partial charge on any atom is -0.481 e. The van der Waals surface area contributed by atoms with E-state index in [0.717, 1.165) is 18.6 Å². The predicted molar refractivity (Wildman–Crippen MR) is 80.9 cm³/mol. The molecule has 1 rings (SSSR count). The fourth-order valence-electron chi connectivity index (χ4n) is 1.66. The number of benzene rings is 1. The lowest BCUT2D eigenvalue weighted by molar-refractivity contribution is -0.137. The van der Waals surface area contributed by atoms with E-state index in [2.05, 4.69) is 17.4 Å². The summed E-state index contributed by atoms with van der Waals surface area (Å²) in [6.45, 7) is 0.567. The van der Waals surface area contributed by atoms with Crippen molar-refractivity contribution < 1.29 is 14.7 Å². The Balaban J connectivity index is 1.96. The molecule has 0 heterocycles. The minimum atomic E-state index is -0.783. The fourth-order valence-corrected chi connectivity index (χ4v) is 2.53. The molecule has 0 aromatic heterocycles. The van der Waals surface area contributed by atoms with Crippen molar-refractivity contribution in [1.29, 1.82) is 0 Å². The van der Waals surface area contributed by atoms with Crippen molar-refractivity contribution in [1.82, 2.24) is 5.32 Å². The van der Waals surface area contributed by atoms with Gasteiger partial charge in [0.05, 0.1) is 0 Å². The molecule has 1 amide bonds. The van der Waals surface area contributed by atoms with E-state index in [1.165, 1.54) is 4.90 Å². The van der Waals surface area contributed by atoms with E-state index in [-0.39, 0.29) is 12.3 Å². The third-order valence-corrected chi connectivity index (χ3v) is 3.80. The first-order valence-corrected chi connectivity index (χ1v) is 7.83. The Labute approximate surface area is 124 Å². The summed E-state index contributed by atoms with van der Waals surface area (Å²) in [5.41, 5.74) is 0. The molecule has 0 unspecified atom stereocenters. The van der Waals surface area contributed by atoms with E-state index in [0.29, 0.717) is 19.4 Å². The van der Waals surface area contributed by atoms with Gasteiger partial charge in [-0.3, -0.25) is 9.59 Å². The minimum absolute atomic E-state index is 0.0500. The second-order valence-corrected chi connectivity index (χ2v) is 5.63. The number of amides is 1. The van der Waals surface area contributed by atoms with E-state index < -0.39 is 5.97 Å². The Morgan fingerprint density at radius 1 is 1.05 bits per heavy atom. The Morgan fingerprint density at radius 3 is 2.50 bits per heavy atom. The van der Waals surface area contributed by atoms with Gasteiger partial charge in [0.2, 0.25) is 5.91 Å². The summed E-state index contributed by atoms with van der Waals surface area (Å²) in [7, 11) is 0. The molecule has 4 nitrogen and oxygen atoms in total. The van der Waals surface area contributed by atoms with Crippen LogP contribution < -0.4 is 5.32 Å². The predicted octanol–water partition coefficient (Wildman–Crippen LogP) is 2.93. The SMILES string of the molecule is O=C(O)CCCCNC(=O)CCCSc1ccccc1. The van der Waals surface area contributed by atoms with Crippen LogP contribution in [0.15, 0.2) is 35.2 Å². The molecule has 0 aliphatic heterocycles. The van der Waals surface area contributed by atoms with Gasteiger partial charge in [-0.1, -0.05) is 18.2 Å². The van der Waals surface area contributed by atoms with E-state index in [1.54, 1.807) is 11.8 Å². The normalized spacial score (nSPS) is 10.2. The quantitative estimate of drug-likeness (QED) is 0.514. The van der Waals surface area contributed by atoms with E-state index >= 15 is 0 Å². The van der Waals surface area contributed by atoms with Crippen LogP contribution in [0, 0.1) is 0 Å². The average Bonchev–Trinajstić information content (AvgIpc) is 2.44. The number of rotatable bonds is 10. The number of carbonyl (C=O) groups excluding carboxylic acids is 1. The molecule has 20 heavy (non-hydrogen) atoms. The summed E-state index contributed by atoms with van der Waals surface area (Å²) in [6.07, 6.45) is 2.87. The highest BCUT2D eigenvalue weighted by molar-refractivity contribution is 7.99. The third kappa shape index (κ3) is 8.58. The number of carbonyl (C=O) groups is 2. The van der Waals surface area contributed by atoms with Crippen LogP contribution in [-0.4, -0.2) is 29.3 Å². The van der Waals surface area contributed by atoms with Crippen molar-refractivity contribution in [2.45, 2.75) is 37.0 Å². The van der Waals surface area contributed by atoms with Crippen LogP contribution in [0.3, 0.4) is 0 Å². The van der Waals surface area contributed by atoms with Gasteiger partial charge in [0, 0.05) is 24.3 Å². The largest absolute Gasteiger partial charge is 0.481 e. The molecule has 1 aromatic carbocycles. The molecule has 0 atom stereocenters. The molecule has 1 aromatic rings. The van der Waals surface area contributed by atoms with Gasteiger partial charge in [-0.2, -0.15) is 0 Å². The van der Waals surface area contributed by atoms with Gasteiger partial charge >= 0.3 is 5.97 Å². The molecule has 0 spiro atoms. The molecule has 2 N–H and O–H groups in total. The average molecular weight is 295 g/mol. The van der Waals surface area contributed by atoms with Crippen molar-refractivity contribution in [2.75, 3.05) is 12.3 Å². The van der Waals surface area contributed by atoms with Gasteiger partial charge < -0.3 is 10.4 Å². The Hall–Kier alpha value is -1.49. The van der Waals surface area contributed by atoms with Gasteiger partial charge in [-0.05, 0) is 37.1 Å². The Morgan fingerprint density at radius 2 is 1.80 bits per heavy atom. The first-order valence-electron chi connectivity index (χ1n) is 6.85. The number of carboxylic acids is 1. The lowest BCUT2D eigenvalue weighted by Gasteiger charge is -2.04. The number of aliphatic carboxylic acids is 1. The molecule has 0 aliphatic carbocycles. The molecule has 0 bridgehead atoms. The first kappa shape index (κ1) is 16.6. The first-order chi connectivity index (χ1) is 9.68. The molecule has 0 saturated carbocycles. The topological polar surface area (TPSA) is 66.4 Å². The lowest BCUT2D eigenvalue weighted by atomic mass is 10.2.